The van der Waals surface area contributed by atoms with E-state index < -0.39 is 38.7 Å². The Morgan fingerprint density at radius 3 is 2.43 bits per heavy atom. The fourth-order valence-corrected chi connectivity index (χ4v) is 3.37. The topological polar surface area (TPSA) is 66.4 Å². The van der Waals surface area contributed by atoms with Gasteiger partial charge in [0.1, 0.15) is 10.7 Å². The number of benzene rings is 2. The molecule has 21 heavy (non-hydrogen) atoms. The van der Waals surface area contributed by atoms with Gasteiger partial charge in [0.2, 0.25) is 0 Å². The summed E-state index contributed by atoms with van der Waals surface area (Å²) in [6.07, 6.45) is 0. The molecule has 2 N–H and O–H groups in total. The van der Waals surface area contributed by atoms with Crippen molar-refractivity contribution in [3.8, 4) is 0 Å². The number of aliphatic hydroxyl groups is 1. The molecule has 8 heteroatoms. The SMILES string of the molecule is O=S(=O)(Nc1ccccc1Br)c1ccc(F)c(CO)c1F. The first-order valence-corrected chi connectivity index (χ1v) is 7.99. The van der Waals surface area contributed by atoms with Crippen LogP contribution in [0.5, 0.6) is 0 Å². The number of hydrogen-bond donors (Lipinski definition) is 2. The van der Waals surface area contributed by atoms with Crippen molar-refractivity contribution >= 4 is 31.6 Å². The molecule has 2 rings (SSSR count). The summed E-state index contributed by atoms with van der Waals surface area (Å²) in [7, 11) is -4.25. The van der Waals surface area contributed by atoms with E-state index in [0.717, 1.165) is 12.1 Å². The Hall–Kier alpha value is -1.51. The molecule has 0 unspecified atom stereocenters. The van der Waals surface area contributed by atoms with E-state index in [-0.39, 0.29) is 5.69 Å². The molecule has 4 nitrogen and oxygen atoms in total. The summed E-state index contributed by atoms with van der Waals surface area (Å²) in [4.78, 5) is -0.733. The number of hydrogen-bond acceptors (Lipinski definition) is 3. The van der Waals surface area contributed by atoms with E-state index in [0.29, 0.717) is 4.47 Å². The molecule has 2 aromatic rings. The van der Waals surface area contributed by atoms with Gasteiger partial charge in [-0.3, -0.25) is 4.72 Å². The van der Waals surface area contributed by atoms with E-state index in [1.54, 1.807) is 18.2 Å². The van der Waals surface area contributed by atoms with Gasteiger partial charge in [-0.05, 0) is 40.2 Å². The van der Waals surface area contributed by atoms with E-state index in [1.165, 1.54) is 6.07 Å². The molecule has 0 radical (unpaired) electrons. The maximum atomic E-state index is 14.0. The number of aliphatic hydroxyl groups excluding tert-OH is 1. The lowest BCUT2D eigenvalue weighted by Crippen LogP contribution is -2.16. The van der Waals surface area contributed by atoms with E-state index in [4.69, 9.17) is 5.11 Å². The van der Waals surface area contributed by atoms with Crippen LogP contribution in [0.25, 0.3) is 0 Å². The predicted molar refractivity (Wildman–Crippen MR) is 77.2 cm³/mol. The lowest BCUT2D eigenvalue weighted by atomic mass is 10.2. The third kappa shape index (κ3) is 3.22. The van der Waals surface area contributed by atoms with Crippen LogP contribution in [0.2, 0.25) is 0 Å². The fraction of sp³-hybridized carbons (Fsp3) is 0.0769. The Morgan fingerprint density at radius 1 is 1.14 bits per heavy atom. The summed E-state index contributed by atoms with van der Waals surface area (Å²) in [5, 5.41) is 8.92. The van der Waals surface area contributed by atoms with Gasteiger partial charge in [0, 0.05) is 4.47 Å². The first kappa shape index (κ1) is 15.9. The Labute approximate surface area is 128 Å². The third-order valence-electron chi connectivity index (χ3n) is 2.72. The maximum absolute atomic E-state index is 14.0. The second-order valence-corrected chi connectivity index (χ2v) is 6.59. The van der Waals surface area contributed by atoms with Crippen LogP contribution in [-0.2, 0) is 16.6 Å². The average Bonchev–Trinajstić information content (AvgIpc) is 2.41. The molecule has 0 saturated heterocycles. The molecule has 0 aromatic heterocycles. The summed E-state index contributed by atoms with van der Waals surface area (Å²) in [5.41, 5.74) is -0.475. The Morgan fingerprint density at radius 2 is 1.81 bits per heavy atom. The molecule has 0 heterocycles. The molecule has 0 aliphatic rings. The number of nitrogens with one attached hydrogen (secondary N) is 1. The van der Waals surface area contributed by atoms with Crippen molar-refractivity contribution in [2.45, 2.75) is 11.5 Å². The summed E-state index contributed by atoms with van der Waals surface area (Å²) in [5.74, 6) is -2.31. The highest BCUT2D eigenvalue weighted by Crippen LogP contribution is 2.27. The van der Waals surface area contributed by atoms with Gasteiger partial charge < -0.3 is 5.11 Å². The lowest BCUT2D eigenvalue weighted by Gasteiger charge is -2.12. The number of sulfonamides is 1. The van der Waals surface area contributed by atoms with Gasteiger partial charge in [-0.2, -0.15) is 0 Å². The third-order valence-corrected chi connectivity index (χ3v) is 4.79. The molecular weight excluding hydrogens is 368 g/mol. The van der Waals surface area contributed by atoms with Crippen LogP contribution in [0.1, 0.15) is 5.56 Å². The smallest absolute Gasteiger partial charge is 0.264 e. The lowest BCUT2D eigenvalue weighted by molar-refractivity contribution is 0.267. The zero-order valence-electron chi connectivity index (χ0n) is 10.5. The van der Waals surface area contributed by atoms with E-state index >= 15 is 0 Å². The van der Waals surface area contributed by atoms with Gasteiger partial charge in [-0.1, -0.05) is 12.1 Å². The largest absolute Gasteiger partial charge is 0.391 e. The van der Waals surface area contributed by atoms with E-state index in [9.17, 15) is 17.2 Å². The van der Waals surface area contributed by atoms with Crippen LogP contribution in [-0.4, -0.2) is 13.5 Å². The highest BCUT2D eigenvalue weighted by atomic mass is 79.9. The van der Waals surface area contributed by atoms with E-state index in [1.807, 2.05) is 0 Å². The summed E-state index contributed by atoms with van der Waals surface area (Å²) in [6, 6.07) is 7.98. The molecule has 112 valence electrons. The highest BCUT2D eigenvalue weighted by Gasteiger charge is 2.24. The van der Waals surface area contributed by atoms with Crippen molar-refractivity contribution in [1.82, 2.24) is 0 Å². The predicted octanol–water partition coefficient (Wildman–Crippen LogP) is 3.02. The van der Waals surface area contributed by atoms with Gasteiger partial charge >= 0.3 is 0 Å². The summed E-state index contributed by atoms with van der Waals surface area (Å²) >= 11 is 3.16. The number of para-hydroxylation sites is 1. The fourth-order valence-electron chi connectivity index (χ4n) is 1.67. The van der Waals surface area contributed by atoms with Crippen molar-refractivity contribution in [2.75, 3.05) is 4.72 Å². The standard InChI is InChI=1S/C13H10BrF2NO3S/c14-9-3-1-2-4-11(9)17-21(19,20)12-6-5-10(15)8(7-18)13(12)16/h1-6,17-18H,7H2. The quantitative estimate of drug-likeness (QED) is 0.860. The Balaban J connectivity index is 2.48. The van der Waals surface area contributed by atoms with Crippen molar-refractivity contribution in [3.05, 3.63) is 58.1 Å². The molecule has 0 atom stereocenters. The van der Waals surface area contributed by atoms with Crippen LogP contribution < -0.4 is 4.72 Å². The average molecular weight is 378 g/mol. The van der Waals surface area contributed by atoms with E-state index in [2.05, 4.69) is 20.7 Å². The molecule has 2 aromatic carbocycles. The van der Waals surface area contributed by atoms with Gasteiger partial charge in [-0.25, -0.2) is 17.2 Å². The Bertz CT molecular complexity index is 781. The highest BCUT2D eigenvalue weighted by molar-refractivity contribution is 9.10. The molecule has 0 saturated carbocycles. The van der Waals surface area contributed by atoms with Crippen LogP contribution >= 0.6 is 15.9 Å². The van der Waals surface area contributed by atoms with Crippen LogP contribution in [0.15, 0.2) is 45.8 Å². The monoisotopic (exact) mass is 377 g/mol. The van der Waals surface area contributed by atoms with Crippen molar-refractivity contribution in [1.29, 1.82) is 0 Å². The molecule has 0 amide bonds. The van der Waals surface area contributed by atoms with Crippen LogP contribution in [0, 0.1) is 11.6 Å². The zero-order chi connectivity index (χ0) is 15.6. The Kier molecular flexibility index (Phi) is 4.60. The molecule has 0 fully saturated rings. The minimum Gasteiger partial charge on any atom is -0.391 e. The first-order chi connectivity index (χ1) is 9.86. The van der Waals surface area contributed by atoms with Crippen molar-refractivity contribution in [2.24, 2.45) is 0 Å². The number of halogens is 3. The first-order valence-electron chi connectivity index (χ1n) is 5.72. The molecule has 0 aliphatic heterocycles. The molecule has 0 spiro atoms. The van der Waals surface area contributed by atoms with Gasteiger partial charge in [0.25, 0.3) is 10.0 Å². The number of anilines is 1. The van der Waals surface area contributed by atoms with Crippen LogP contribution in [0.4, 0.5) is 14.5 Å². The van der Waals surface area contributed by atoms with Gasteiger partial charge in [0.05, 0.1) is 17.9 Å². The second-order valence-electron chi connectivity index (χ2n) is 4.08. The van der Waals surface area contributed by atoms with Crippen molar-refractivity contribution < 1.29 is 22.3 Å². The summed E-state index contributed by atoms with van der Waals surface area (Å²) in [6.45, 7) is -0.934. The molecular formula is C13H10BrF2NO3S. The van der Waals surface area contributed by atoms with Gasteiger partial charge in [0.15, 0.2) is 5.82 Å². The van der Waals surface area contributed by atoms with Gasteiger partial charge in [-0.15, -0.1) is 0 Å². The van der Waals surface area contributed by atoms with Crippen LogP contribution in [0.3, 0.4) is 0 Å². The minimum atomic E-state index is -4.25. The normalized spacial score (nSPS) is 11.4. The minimum absolute atomic E-state index is 0.215. The second kappa shape index (κ2) is 6.08. The molecule has 0 aliphatic carbocycles. The van der Waals surface area contributed by atoms with Crippen molar-refractivity contribution in [3.63, 3.8) is 0 Å². The maximum Gasteiger partial charge on any atom is 0.264 e. The zero-order valence-corrected chi connectivity index (χ0v) is 12.9. The summed E-state index contributed by atoms with van der Waals surface area (Å²) < 4.78 is 54.3. The number of rotatable bonds is 4. The molecule has 0 bridgehead atoms.